The van der Waals surface area contributed by atoms with E-state index >= 15 is 0 Å². The molecule has 0 radical (unpaired) electrons. The highest BCUT2D eigenvalue weighted by molar-refractivity contribution is 9.10. The summed E-state index contributed by atoms with van der Waals surface area (Å²) in [4.78, 5) is 37.3. The van der Waals surface area contributed by atoms with Crippen molar-refractivity contribution in [1.82, 2.24) is 9.47 Å². The number of hydrogen-bond acceptors (Lipinski definition) is 5. The zero-order valence-electron chi connectivity index (χ0n) is 13.8. The summed E-state index contributed by atoms with van der Waals surface area (Å²) in [5.74, 6) is -1.09. The Morgan fingerprint density at radius 1 is 1.23 bits per heavy atom. The van der Waals surface area contributed by atoms with Gasteiger partial charge in [0.1, 0.15) is 6.54 Å². The smallest absolute Gasteiger partial charge is 0.326 e. The van der Waals surface area contributed by atoms with Crippen molar-refractivity contribution in [2.45, 2.75) is 6.92 Å². The molecule has 8 heteroatoms. The quantitative estimate of drug-likeness (QED) is 0.528. The van der Waals surface area contributed by atoms with Crippen molar-refractivity contribution in [3.8, 4) is 5.69 Å². The van der Waals surface area contributed by atoms with E-state index in [9.17, 15) is 14.4 Å². The van der Waals surface area contributed by atoms with Gasteiger partial charge in [0.15, 0.2) is 0 Å². The average molecular weight is 435 g/mol. The molecule has 1 aromatic carbocycles. The van der Waals surface area contributed by atoms with Gasteiger partial charge in [0.2, 0.25) is 0 Å². The third kappa shape index (κ3) is 3.91. The fourth-order valence-electron chi connectivity index (χ4n) is 2.45. The van der Waals surface area contributed by atoms with Crippen LogP contribution in [-0.4, -0.2) is 39.7 Å². The van der Waals surface area contributed by atoms with E-state index in [1.165, 1.54) is 0 Å². The van der Waals surface area contributed by atoms with Crippen molar-refractivity contribution >= 4 is 50.9 Å². The molecule has 0 unspecified atom stereocenters. The van der Waals surface area contributed by atoms with E-state index in [-0.39, 0.29) is 18.1 Å². The molecule has 0 saturated carbocycles. The molecule has 0 spiro atoms. The first-order valence-corrected chi connectivity index (χ1v) is 9.45. The summed E-state index contributed by atoms with van der Waals surface area (Å²) in [6.45, 7) is 1.50. The van der Waals surface area contributed by atoms with Crippen molar-refractivity contribution < 1.29 is 19.1 Å². The molecular weight excluding hydrogens is 420 g/mol. The Bertz CT molecular complexity index is 889. The van der Waals surface area contributed by atoms with Crippen molar-refractivity contribution in [3.63, 3.8) is 0 Å². The number of benzene rings is 1. The average Bonchev–Trinajstić information content (AvgIpc) is 3.16. The van der Waals surface area contributed by atoms with Crippen LogP contribution in [0.4, 0.5) is 4.79 Å². The van der Waals surface area contributed by atoms with Gasteiger partial charge in [-0.1, -0.05) is 15.9 Å². The van der Waals surface area contributed by atoms with Gasteiger partial charge < -0.3 is 9.30 Å². The second-order valence-corrected chi connectivity index (χ2v) is 7.26. The number of thioether (sulfide) groups is 1. The summed E-state index contributed by atoms with van der Waals surface area (Å²) in [6.07, 6.45) is 3.52. The zero-order valence-corrected chi connectivity index (χ0v) is 16.2. The first-order valence-electron chi connectivity index (χ1n) is 7.84. The monoisotopic (exact) mass is 434 g/mol. The fraction of sp³-hybridized carbons (Fsp3) is 0.167. The first kappa shape index (κ1) is 18.5. The van der Waals surface area contributed by atoms with Gasteiger partial charge in [-0.3, -0.25) is 19.3 Å². The summed E-state index contributed by atoms with van der Waals surface area (Å²) in [7, 11) is 0. The number of hydrogen-bond donors (Lipinski definition) is 0. The molecule has 2 amide bonds. The highest BCUT2D eigenvalue weighted by atomic mass is 79.9. The molecule has 0 aliphatic carbocycles. The van der Waals surface area contributed by atoms with E-state index in [1.54, 1.807) is 13.0 Å². The molecule has 1 aliphatic rings. The van der Waals surface area contributed by atoms with Crippen LogP contribution >= 0.6 is 27.7 Å². The molecule has 1 aliphatic heterocycles. The molecule has 0 atom stereocenters. The molecular formula is C18H15BrN2O4S. The maximum absolute atomic E-state index is 12.5. The van der Waals surface area contributed by atoms with Gasteiger partial charge in [-0.05, 0) is 61.2 Å². The van der Waals surface area contributed by atoms with E-state index in [4.69, 9.17) is 4.74 Å². The fourth-order valence-corrected chi connectivity index (χ4v) is 3.54. The Labute approximate surface area is 162 Å². The highest BCUT2D eigenvalue weighted by Crippen LogP contribution is 2.32. The van der Waals surface area contributed by atoms with Gasteiger partial charge in [-0.25, -0.2) is 0 Å². The predicted octanol–water partition coefficient (Wildman–Crippen LogP) is 3.84. The number of carbonyl (C=O) groups excluding carboxylic acids is 3. The number of amides is 2. The lowest BCUT2D eigenvalue weighted by molar-refractivity contribution is -0.145. The van der Waals surface area contributed by atoms with Crippen molar-refractivity contribution in [2.75, 3.05) is 13.2 Å². The lowest BCUT2D eigenvalue weighted by atomic mass is 10.3. The molecule has 0 bridgehead atoms. The molecule has 1 fully saturated rings. The lowest BCUT2D eigenvalue weighted by Gasteiger charge is -2.11. The minimum atomic E-state index is -0.603. The molecule has 2 aromatic rings. The van der Waals surface area contributed by atoms with Gasteiger partial charge in [0, 0.05) is 22.1 Å². The van der Waals surface area contributed by atoms with Gasteiger partial charge in [0.05, 0.1) is 11.5 Å². The van der Waals surface area contributed by atoms with Crippen LogP contribution in [0.5, 0.6) is 0 Å². The summed E-state index contributed by atoms with van der Waals surface area (Å²) in [5, 5.41) is -0.476. The molecule has 2 heterocycles. The van der Waals surface area contributed by atoms with E-state index in [0.717, 1.165) is 32.5 Å². The number of esters is 1. The van der Waals surface area contributed by atoms with Gasteiger partial charge in [-0.15, -0.1) is 0 Å². The molecule has 0 N–H and O–H groups in total. The van der Waals surface area contributed by atoms with Gasteiger partial charge in [0.25, 0.3) is 11.1 Å². The third-order valence-electron chi connectivity index (χ3n) is 3.63. The number of rotatable bonds is 5. The van der Waals surface area contributed by atoms with Crippen LogP contribution in [0.2, 0.25) is 0 Å². The highest BCUT2D eigenvalue weighted by Gasteiger charge is 2.36. The summed E-state index contributed by atoms with van der Waals surface area (Å²) >= 11 is 4.22. The SMILES string of the molecule is CCOC(=O)CN1C(=O)S/C(=C/c2cccn2-c2ccc(Br)cc2)C1=O. The van der Waals surface area contributed by atoms with E-state index < -0.39 is 17.1 Å². The predicted molar refractivity (Wildman–Crippen MR) is 103 cm³/mol. The first-order chi connectivity index (χ1) is 12.5. The van der Waals surface area contributed by atoms with Crippen LogP contribution in [0.25, 0.3) is 11.8 Å². The van der Waals surface area contributed by atoms with Gasteiger partial charge >= 0.3 is 5.97 Å². The van der Waals surface area contributed by atoms with Crippen molar-refractivity contribution in [3.05, 3.63) is 57.7 Å². The molecule has 3 rings (SSSR count). The molecule has 1 aromatic heterocycles. The number of carbonyl (C=O) groups is 3. The molecule has 1 saturated heterocycles. The Morgan fingerprint density at radius 2 is 1.96 bits per heavy atom. The topological polar surface area (TPSA) is 68.6 Å². The Balaban J connectivity index is 1.84. The van der Waals surface area contributed by atoms with Crippen LogP contribution in [0.15, 0.2) is 52.0 Å². The Kier molecular flexibility index (Phi) is 5.63. The summed E-state index contributed by atoms with van der Waals surface area (Å²) in [6, 6.07) is 11.4. The largest absolute Gasteiger partial charge is 0.465 e. The van der Waals surface area contributed by atoms with Crippen LogP contribution in [0.1, 0.15) is 12.6 Å². The molecule has 6 nitrogen and oxygen atoms in total. The number of halogens is 1. The number of imide groups is 1. The standard InChI is InChI=1S/C18H15BrN2O4S/c1-2-25-16(22)11-21-17(23)15(26-18(21)24)10-14-4-3-9-20(14)13-7-5-12(19)6-8-13/h3-10H,2,11H2,1H3/b15-10+. The summed E-state index contributed by atoms with van der Waals surface area (Å²) < 4.78 is 7.68. The Hall–Kier alpha value is -2.32. The van der Waals surface area contributed by atoms with Crippen LogP contribution in [0, 0.1) is 0 Å². The number of ether oxygens (including phenoxy) is 1. The number of aromatic nitrogens is 1. The van der Waals surface area contributed by atoms with E-state index in [2.05, 4.69) is 15.9 Å². The van der Waals surface area contributed by atoms with Crippen LogP contribution < -0.4 is 0 Å². The van der Waals surface area contributed by atoms with E-state index in [1.807, 2.05) is 47.2 Å². The minimum absolute atomic E-state index is 0.200. The lowest BCUT2D eigenvalue weighted by Crippen LogP contribution is -2.34. The van der Waals surface area contributed by atoms with E-state index in [0.29, 0.717) is 0 Å². The maximum atomic E-state index is 12.5. The van der Waals surface area contributed by atoms with Crippen LogP contribution in [0.3, 0.4) is 0 Å². The zero-order chi connectivity index (χ0) is 18.7. The normalized spacial score (nSPS) is 15.8. The number of nitrogens with zero attached hydrogens (tertiary/aromatic N) is 2. The summed E-state index contributed by atoms with van der Waals surface area (Å²) in [5.41, 5.74) is 1.68. The van der Waals surface area contributed by atoms with Crippen molar-refractivity contribution in [2.24, 2.45) is 0 Å². The Morgan fingerprint density at radius 3 is 2.65 bits per heavy atom. The minimum Gasteiger partial charge on any atom is -0.465 e. The third-order valence-corrected chi connectivity index (χ3v) is 5.07. The molecule has 134 valence electrons. The molecule has 26 heavy (non-hydrogen) atoms. The van der Waals surface area contributed by atoms with Crippen molar-refractivity contribution in [1.29, 1.82) is 0 Å². The van der Waals surface area contributed by atoms with Gasteiger partial charge in [-0.2, -0.15) is 0 Å². The second kappa shape index (κ2) is 7.92. The second-order valence-electron chi connectivity index (χ2n) is 5.35. The van der Waals surface area contributed by atoms with Crippen LogP contribution in [-0.2, 0) is 14.3 Å². The maximum Gasteiger partial charge on any atom is 0.326 e.